The quantitative estimate of drug-likeness (QED) is 0.586. The maximum absolute atomic E-state index is 6.13. The van der Waals surface area contributed by atoms with Crippen molar-refractivity contribution in [3.05, 3.63) is 23.7 Å². The van der Waals surface area contributed by atoms with Crippen molar-refractivity contribution >= 4 is 0 Å². The molecule has 104 valence electrons. The Labute approximate surface area is 112 Å². The summed E-state index contributed by atoms with van der Waals surface area (Å²) >= 11 is 0. The van der Waals surface area contributed by atoms with E-state index < -0.39 is 0 Å². The van der Waals surface area contributed by atoms with Crippen LogP contribution in [0, 0.1) is 6.92 Å². The van der Waals surface area contributed by atoms with Crippen molar-refractivity contribution in [1.29, 1.82) is 0 Å². The summed E-state index contributed by atoms with van der Waals surface area (Å²) < 4.78 is 5.42. The first kappa shape index (κ1) is 15.3. The number of nitrogens with two attached hydrogens (primary N) is 1. The molecule has 0 saturated carbocycles. The van der Waals surface area contributed by atoms with E-state index >= 15 is 0 Å². The minimum absolute atomic E-state index is 0.0834. The Morgan fingerprint density at radius 3 is 2.22 bits per heavy atom. The average molecular weight is 251 g/mol. The normalized spacial score (nSPS) is 12.8. The van der Waals surface area contributed by atoms with E-state index in [1.165, 1.54) is 56.9 Å². The van der Waals surface area contributed by atoms with Crippen molar-refractivity contribution in [2.24, 2.45) is 5.73 Å². The Kier molecular flexibility index (Phi) is 7.83. The lowest BCUT2D eigenvalue weighted by Crippen LogP contribution is -2.10. The van der Waals surface area contributed by atoms with Crippen LogP contribution in [-0.4, -0.2) is 0 Å². The van der Waals surface area contributed by atoms with Crippen LogP contribution in [-0.2, 0) is 0 Å². The second kappa shape index (κ2) is 9.21. The van der Waals surface area contributed by atoms with Gasteiger partial charge in [0.15, 0.2) is 0 Å². The number of hydrogen-bond acceptors (Lipinski definition) is 2. The summed E-state index contributed by atoms with van der Waals surface area (Å²) in [6.45, 7) is 4.32. The van der Waals surface area contributed by atoms with Crippen LogP contribution in [0.4, 0.5) is 0 Å². The van der Waals surface area contributed by atoms with Gasteiger partial charge in [-0.05, 0) is 25.0 Å². The largest absolute Gasteiger partial charge is 0.467 e. The monoisotopic (exact) mass is 251 g/mol. The van der Waals surface area contributed by atoms with Crippen LogP contribution in [0.5, 0.6) is 0 Å². The third kappa shape index (κ3) is 5.72. The maximum Gasteiger partial charge on any atom is 0.123 e. The second-order valence-electron chi connectivity index (χ2n) is 5.34. The van der Waals surface area contributed by atoms with Gasteiger partial charge in [-0.1, -0.05) is 58.3 Å². The van der Waals surface area contributed by atoms with Crippen LogP contribution in [0.1, 0.15) is 82.1 Å². The van der Waals surface area contributed by atoms with Gasteiger partial charge in [0, 0.05) is 0 Å². The van der Waals surface area contributed by atoms with Gasteiger partial charge in [0.1, 0.15) is 5.76 Å². The summed E-state index contributed by atoms with van der Waals surface area (Å²) in [4.78, 5) is 0. The zero-order chi connectivity index (χ0) is 13.2. The van der Waals surface area contributed by atoms with Crippen LogP contribution in [0.25, 0.3) is 0 Å². The topological polar surface area (TPSA) is 39.2 Å². The molecule has 0 aliphatic rings. The highest BCUT2D eigenvalue weighted by molar-refractivity contribution is 5.17. The first-order valence-electron chi connectivity index (χ1n) is 7.55. The fourth-order valence-corrected chi connectivity index (χ4v) is 2.39. The number of unbranched alkanes of at least 4 members (excludes halogenated alkanes) is 7. The molecular formula is C16H29NO. The Bertz CT molecular complexity index is 306. The molecule has 1 aromatic heterocycles. The first-order valence-corrected chi connectivity index (χ1v) is 7.55. The van der Waals surface area contributed by atoms with E-state index in [0.717, 1.165) is 12.2 Å². The Balaban J connectivity index is 1.99. The summed E-state index contributed by atoms with van der Waals surface area (Å²) in [7, 11) is 0. The minimum atomic E-state index is 0.0834. The molecule has 0 aliphatic carbocycles. The molecule has 0 fully saturated rings. The second-order valence-corrected chi connectivity index (χ2v) is 5.34. The standard InChI is InChI=1S/C16H29NO/c1-3-4-5-6-7-8-9-10-11-15(17)16-14(2)12-13-18-16/h12-13,15H,3-11,17H2,1-2H3. The average Bonchev–Trinajstić information content (AvgIpc) is 2.79. The molecule has 1 atom stereocenters. The summed E-state index contributed by atoms with van der Waals surface area (Å²) in [5.74, 6) is 0.970. The molecule has 1 rings (SSSR count). The summed E-state index contributed by atoms with van der Waals surface area (Å²) in [6.07, 6.45) is 13.6. The fraction of sp³-hybridized carbons (Fsp3) is 0.750. The van der Waals surface area contributed by atoms with Crippen LogP contribution < -0.4 is 5.73 Å². The van der Waals surface area contributed by atoms with E-state index in [9.17, 15) is 0 Å². The molecule has 0 radical (unpaired) electrons. The molecule has 1 heterocycles. The van der Waals surface area contributed by atoms with Gasteiger partial charge in [0.2, 0.25) is 0 Å². The maximum atomic E-state index is 6.13. The molecule has 2 N–H and O–H groups in total. The summed E-state index contributed by atoms with van der Waals surface area (Å²) in [5.41, 5.74) is 7.31. The summed E-state index contributed by atoms with van der Waals surface area (Å²) in [5, 5.41) is 0. The van der Waals surface area contributed by atoms with Crippen molar-refractivity contribution in [3.63, 3.8) is 0 Å². The van der Waals surface area contributed by atoms with Crippen molar-refractivity contribution in [3.8, 4) is 0 Å². The van der Waals surface area contributed by atoms with Crippen molar-refractivity contribution < 1.29 is 4.42 Å². The highest BCUT2D eigenvalue weighted by atomic mass is 16.3. The van der Waals surface area contributed by atoms with Crippen molar-refractivity contribution in [2.45, 2.75) is 77.7 Å². The van der Waals surface area contributed by atoms with Crippen LogP contribution in [0.2, 0.25) is 0 Å². The van der Waals surface area contributed by atoms with Gasteiger partial charge in [0.25, 0.3) is 0 Å². The lowest BCUT2D eigenvalue weighted by atomic mass is 10.0. The van der Waals surface area contributed by atoms with Gasteiger partial charge < -0.3 is 10.2 Å². The van der Waals surface area contributed by atoms with E-state index in [4.69, 9.17) is 10.2 Å². The van der Waals surface area contributed by atoms with Gasteiger partial charge in [-0.2, -0.15) is 0 Å². The molecule has 0 amide bonds. The van der Waals surface area contributed by atoms with E-state index in [-0.39, 0.29) is 6.04 Å². The third-order valence-electron chi connectivity index (χ3n) is 3.61. The number of rotatable bonds is 10. The van der Waals surface area contributed by atoms with Gasteiger partial charge in [0.05, 0.1) is 12.3 Å². The van der Waals surface area contributed by atoms with Crippen molar-refractivity contribution in [2.75, 3.05) is 0 Å². The fourth-order valence-electron chi connectivity index (χ4n) is 2.39. The van der Waals surface area contributed by atoms with Crippen LogP contribution in [0.15, 0.2) is 16.7 Å². The first-order chi connectivity index (χ1) is 8.75. The molecule has 0 aromatic carbocycles. The Morgan fingerprint density at radius 1 is 1.06 bits per heavy atom. The molecule has 0 aliphatic heterocycles. The highest BCUT2D eigenvalue weighted by Crippen LogP contribution is 2.22. The predicted octanol–water partition coefficient (Wildman–Crippen LogP) is 5.12. The molecule has 0 bridgehead atoms. The van der Waals surface area contributed by atoms with E-state index in [2.05, 4.69) is 13.8 Å². The number of aryl methyl sites for hydroxylation is 1. The molecule has 0 saturated heterocycles. The van der Waals surface area contributed by atoms with E-state index in [1.807, 2.05) is 6.07 Å². The van der Waals surface area contributed by atoms with Crippen LogP contribution in [0.3, 0.4) is 0 Å². The third-order valence-corrected chi connectivity index (χ3v) is 3.61. The van der Waals surface area contributed by atoms with Gasteiger partial charge in [-0.25, -0.2) is 0 Å². The minimum Gasteiger partial charge on any atom is -0.467 e. The lowest BCUT2D eigenvalue weighted by Gasteiger charge is -2.09. The molecule has 18 heavy (non-hydrogen) atoms. The number of hydrogen-bond donors (Lipinski definition) is 1. The number of furan rings is 1. The SMILES string of the molecule is CCCCCCCCCCC(N)c1occc1C. The summed E-state index contributed by atoms with van der Waals surface area (Å²) in [6, 6.07) is 2.07. The van der Waals surface area contributed by atoms with Gasteiger partial charge >= 0.3 is 0 Å². The Morgan fingerprint density at radius 2 is 1.67 bits per heavy atom. The highest BCUT2D eigenvalue weighted by Gasteiger charge is 2.11. The van der Waals surface area contributed by atoms with Gasteiger partial charge in [-0.3, -0.25) is 0 Å². The molecular weight excluding hydrogens is 222 g/mol. The molecule has 2 heteroatoms. The molecule has 1 aromatic rings. The zero-order valence-corrected chi connectivity index (χ0v) is 12.1. The molecule has 0 spiro atoms. The lowest BCUT2D eigenvalue weighted by molar-refractivity contribution is 0.435. The van der Waals surface area contributed by atoms with E-state index in [1.54, 1.807) is 6.26 Å². The predicted molar refractivity (Wildman–Crippen MR) is 77.6 cm³/mol. The zero-order valence-electron chi connectivity index (χ0n) is 12.1. The Hall–Kier alpha value is -0.760. The van der Waals surface area contributed by atoms with Crippen LogP contribution >= 0.6 is 0 Å². The smallest absolute Gasteiger partial charge is 0.123 e. The van der Waals surface area contributed by atoms with E-state index in [0.29, 0.717) is 0 Å². The molecule has 2 nitrogen and oxygen atoms in total. The van der Waals surface area contributed by atoms with Crippen molar-refractivity contribution in [1.82, 2.24) is 0 Å². The molecule has 1 unspecified atom stereocenters. The van der Waals surface area contributed by atoms with Gasteiger partial charge in [-0.15, -0.1) is 0 Å².